The smallest absolute Gasteiger partial charge is 0.277 e. The van der Waals surface area contributed by atoms with Gasteiger partial charge in [-0.05, 0) is 36.2 Å². The largest absolute Gasteiger partial charge is 0.484 e. The zero-order chi connectivity index (χ0) is 15.1. The SMILES string of the molecule is Cc1ccc(/C=N\NC(=O)COc2ccccc2)cc1Br. The highest BCUT2D eigenvalue weighted by Crippen LogP contribution is 2.16. The van der Waals surface area contributed by atoms with Gasteiger partial charge >= 0.3 is 0 Å². The van der Waals surface area contributed by atoms with E-state index in [2.05, 4.69) is 26.5 Å². The molecule has 21 heavy (non-hydrogen) atoms. The van der Waals surface area contributed by atoms with Crippen molar-refractivity contribution in [2.24, 2.45) is 5.10 Å². The van der Waals surface area contributed by atoms with Crippen molar-refractivity contribution in [1.29, 1.82) is 0 Å². The predicted octanol–water partition coefficient (Wildman–Crippen LogP) is 3.29. The first-order chi connectivity index (χ1) is 10.1. The number of rotatable bonds is 5. The van der Waals surface area contributed by atoms with E-state index in [4.69, 9.17) is 4.74 Å². The van der Waals surface area contributed by atoms with Crippen molar-refractivity contribution in [3.05, 3.63) is 64.1 Å². The summed E-state index contributed by atoms with van der Waals surface area (Å²) in [5, 5.41) is 3.90. The number of halogens is 1. The molecule has 0 unspecified atom stereocenters. The zero-order valence-electron chi connectivity index (χ0n) is 11.5. The van der Waals surface area contributed by atoms with Crippen LogP contribution in [0.15, 0.2) is 58.1 Å². The second-order valence-corrected chi connectivity index (χ2v) is 5.26. The molecule has 0 heterocycles. The summed E-state index contributed by atoms with van der Waals surface area (Å²) in [5.41, 5.74) is 4.47. The molecule has 0 bridgehead atoms. The van der Waals surface area contributed by atoms with Gasteiger partial charge in [0, 0.05) is 4.47 Å². The van der Waals surface area contributed by atoms with Crippen LogP contribution in [0.4, 0.5) is 0 Å². The molecule has 4 nitrogen and oxygen atoms in total. The molecule has 0 aliphatic heterocycles. The Bertz CT molecular complexity index is 642. The summed E-state index contributed by atoms with van der Waals surface area (Å²) < 4.78 is 6.32. The molecule has 1 amide bonds. The van der Waals surface area contributed by atoms with Crippen LogP contribution in [0.3, 0.4) is 0 Å². The first-order valence-electron chi connectivity index (χ1n) is 6.41. The summed E-state index contributed by atoms with van der Waals surface area (Å²) in [7, 11) is 0. The van der Waals surface area contributed by atoms with Crippen molar-refractivity contribution in [2.75, 3.05) is 6.61 Å². The van der Waals surface area contributed by atoms with Crippen LogP contribution in [-0.2, 0) is 4.79 Å². The Labute approximate surface area is 132 Å². The highest BCUT2D eigenvalue weighted by atomic mass is 79.9. The Morgan fingerprint density at radius 1 is 1.29 bits per heavy atom. The van der Waals surface area contributed by atoms with Gasteiger partial charge in [0.05, 0.1) is 6.21 Å². The first-order valence-corrected chi connectivity index (χ1v) is 7.20. The van der Waals surface area contributed by atoms with E-state index >= 15 is 0 Å². The fourth-order valence-corrected chi connectivity index (χ4v) is 1.96. The average Bonchev–Trinajstić information content (AvgIpc) is 2.50. The van der Waals surface area contributed by atoms with Crippen molar-refractivity contribution >= 4 is 28.1 Å². The standard InChI is InChI=1S/C16H15BrN2O2/c1-12-7-8-13(9-15(12)17)10-18-19-16(20)11-21-14-5-3-2-4-6-14/h2-10H,11H2,1H3,(H,19,20)/b18-10-. The molecular weight excluding hydrogens is 332 g/mol. The molecule has 0 aliphatic carbocycles. The number of hydrogen-bond acceptors (Lipinski definition) is 3. The van der Waals surface area contributed by atoms with Crippen molar-refractivity contribution in [3.63, 3.8) is 0 Å². The number of aryl methyl sites for hydroxylation is 1. The Kier molecular flexibility index (Phi) is 5.51. The maximum atomic E-state index is 11.6. The molecule has 0 radical (unpaired) electrons. The fourth-order valence-electron chi connectivity index (χ4n) is 1.57. The molecule has 0 fully saturated rings. The van der Waals surface area contributed by atoms with E-state index < -0.39 is 0 Å². The summed E-state index contributed by atoms with van der Waals surface area (Å²) in [5.74, 6) is 0.348. The van der Waals surface area contributed by atoms with E-state index in [0.717, 1.165) is 15.6 Å². The van der Waals surface area contributed by atoms with E-state index in [1.807, 2.05) is 43.3 Å². The molecule has 2 aromatic rings. The highest BCUT2D eigenvalue weighted by Gasteiger charge is 2.00. The zero-order valence-corrected chi connectivity index (χ0v) is 13.1. The lowest BCUT2D eigenvalue weighted by molar-refractivity contribution is -0.123. The van der Waals surface area contributed by atoms with E-state index in [9.17, 15) is 4.79 Å². The van der Waals surface area contributed by atoms with Gasteiger partial charge in [-0.25, -0.2) is 5.43 Å². The molecule has 2 rings (SSSR count). The maximum Gasteiger partial charge on any atom is 0.277 e. The Morgan fingerprint density at radius 2 is 2.05 bits per heavy atom. The minimum atomic E-state index is -0.304. The number of benzene rings is 2. The van der Waals surface area contributed by atoms with E-state index in [-0.39, 0.29) is 12.5 Å². The topological polar surface area (TPSA) is 50.7 Å². The van der Waals surface area contributed by atoms with Gasteiger partial charge in [-0.2, -0.15) is 5.10 Å². The molecule has 0 aliphatic rings. The number of amides is 1. The molecule has 5 heteroatoms. The second kappa shape index (κ2) is 7.59. The van der Waals surface area contributed by atoms with E-state index in [1.165, 1.54) is 0 Å². The van der Waals surface area contributed by atoms with Crippen LogP contribution in [0, 0.1) is 6.92 Å². The first kappa shape index (κ1) is 15.3. The fraction of sp³-hybridized carbons (Fsp3) is 0.125. The van der Waals surface area contributed by atoms with Gasteiger partial charge in [-0.1, -0.05) is 46.3 Å². The number of nitrogens with one attached hydrogen (secondary N) is 1. The van der Waals surface area contributed by atoms with Crippen molar-refractivity contribution < 1.29 is 9.53 Å². The Balaban J connectivity index is 1.80. The number of carbonyl (C=O) groups is 1. The lowest BCUT2D eigenvalue weighted by Gasteiger charge is -2.04. The number of nitrogens with zero attached hydrogens (tertiary/aromatic N) is 1. The van der Waals surface area contributed by atoms with Gasteiger partial charge in [0.2, 0.25) is 0 Å². The van der Waals surface area contributed by atoms with Crippen molar-refractivity contribution in [2.45, 2.75) is 6.92 Å². The Hall–Kier alpha value is -2.14. The van der Waals surface area contributed by atoms with Crippen molar-refractivity contribution in [3.8, 4) is 5.75 Å². The number of carbonyl (C=O) groups excluding carboxylic acids is 1. The van der Waals surface area contributed by atoms with Crippen LogP contribution in [0.25, 0.3) is 0 Å². The predicted molar refractivity (Wildman–Crippen MR) is 86.6 cm³/mol. The summed E-state index contributed by atoms with van der Waals surface area (Å²) in [6.07, 6.45) is 1.59. The monoisotopic (exact) mass is 346 g/mol. The van der Waals surface area contributed by atoms with E-state index in [0.29, 0.717) is 5.75 Å². The van der Waals surface area contributed by atoms with Crippen LogP contribution in [0.1, 0.15) is 11.1 Å². The van der Waals surface area contributed by atoms with Crippen molar-refractivity contribution in [1.82, 2.24) is 5.43 Å². The van der Waals surface area contributed by atoms with Gasteiger partial charge in [-0.15, -0.1) is 0 Å². The number of ether oxygens (including phenoxy) is 1. The van der Waals surface area contributed by atoms with Gasteiger partial charge < -0.3 is 4.74 Å². The van der Waals surface area contributed by atoms with Gasteiger partial charge in [0.25, 0.3) is 5.91 Å². The molecular formula is C16H15BrN2O2. The third-order valence-electron chi connectivity index (χ3n) is 2.71. The molecule has 1 N–H and O–H groups in total. The van der Waals surface area contributed by atoms with Crippen LogP contribution < -0.4 is 10.2 Å². The number of hydrogen-bond donors (Lipinski definition) is 1. The third-order valence-corrected chi connectivity index (χ3v) is 3.57. The molecule has 0 saturated carbocycles. The number of para-hydroxylation sites is 1. The molecule has 0 spiro atoms. The van der Waals surface area contributed by atoms with Crippen LogP contribution in [0.2, 0.25) is 0 Å². The minimum Gasteiger partial charge on any atom is -0.484 e. The maximum absolute atomic E-state index is 11.6. The van der Waals surface area contributed by atoms with Gasteiger partial charge in [0.15, 0.2) is 6.61 Å². The molecule has 0 aromatic heterocycles. The summed E-state index contributed by atoms with van der Waals surface area (Å²) in [6, 6.07) is 15.0. The summed E-state index contributed by atoms with van der Waals surface area (Å²) in [4.78, 5) is 11.6. The summed E-state index contributed by atoms with van der Waals surface area (Å²) >= 11 is 3.45. The minimum absolute atomic E-state index is 0.0705. The van der Waals surface area contributed by atoms with Crippen LogP contribution in [0.5, 0.6) is 5.75 Å². The quantitative estimate of drug-likeness (QED) is 0.667. The van der Waals surface area contributed by atoms with Crippen LogP contribution in [-0.4, -0.2) is 18.7 Å². The third kappa shape index (κ3) is 5.04. The second-order valence-electron chi connectivity index (χ2n) is 4.40. The molecule has 0 saturated heterocycles. The highest BCUT2D eigenvalue weighted by molar-refractivity contribution is 9.10. The molecule has 2 aromatic carbocycles. The summed E-state index contributed by atoms with van der Waals surface area (Å²) in [6.45, 7) is 1.94. The lowest BCUT2D eigenvalue weighted by atomic mass is 10.2. The van der Waals surface area contributed by atoms with Crippen LogP contribution >= 0.6 is 15.9 Å². The van der Waals surface area contributed by atoms with E-state index in [1.54, 1.807) is 18.3 Å². The molecule has 0 atom stereocenters. The number of hydrazone groups is 1. The van der Waals surface area contributed by atoms with Gasteiger partial charge in [0.1, 0.15) is 5.75 Å². The van der Waals surface area contributed by atoms with Gasteiger partial charge in [-0.3, -0.25) is 4.79 Å². The molecule has 108 valence electrons. The Morgan fingerprint density at radius 3 is 2.76 bits per heavy atom. The lowest BCUT2D eigenvalue weighted by Crippen LogP contribution is -2.24. The average molecular weight is 347 g/mol. The normalized spacial score (nSPS) is 10.6.